The number of fused-ring (bicyclic) bond motifs is 2. The molecule has 74 valence electrons. The van der Waals surface area contributed by atoms with Crippen LogP contribution in [0.15, 0.2) is 23.0 Å². The molecule has 1 saturated carbocycles. The Bertz CT molecular complexity index is 333. The molecule has 0 saturated heterocycles. The first-order chi connectivity index (χ1) is 6.92. The van der Waals surface area contributed by atoms with Crippen LogP contribution >= 0.6 is 0 Å². The van der Waals surface area contributed by atoms with E-state index in [-0.39, 0.29) is 0 Å². The van der Waals surface area contributed by atoms with Gasteiger partial charge in [-0.2, -0.15) is 0 Å². The highest BCUT2D eigenvalue weighted by molar-refractivity contribution is 5.12. The Kier molecular flexibility index (Phi) is 1.87. The topological polar surface area (TPSA) is 51.0 Å². The third kappa shape index (κ3) is 1.35. The van der Waals surface area contributed by atoms with Crippen LogP contribution in [0.2, 0.25) is 0 Å². The molecule has 3 rings (SSSR count). The minimum absolute atomic E-state index is 0.608. The minimum Gasteiger partial charge on any atom is -0.427 e. The van der Waals surface area contributed by atoms with Crippen molar-refractivity contribution in [3.63, 3.8) is 0 Å². The van der Waals surface area contributed by atoms with Crippen LogP contribution in [-0.4, -0.2) is 16.2 Å². The van der Waals surface area contributed by atoms with E-state index in [4.69, 9.17) is 4.42 Å². The van der Waals surface area contributed by atoms with Gasteiger partial charge in [0.25, 0.3) is 0 Å². The number of nitrogens with zero attached hydrogens (tertiary/aromatic N) is 2. The number of allylic oxidation sites excluding steroid dienone is 1. The fraction of sp³-hybridized carbons (Fsp3) is 0.600. The van der Waals surface area contributed by atoms with Crippen molar-refractivity contribution in [1.29, 1.82) is 0 Å². The van der Waals surface area contributed by atoms with Crippen LogP contribution in [0.3, 0.4) is 0 Å². The predicted octanol–water partition coefficient (Wildman–Crippen LogP) is 1.12. The summed E-state index contributed by atoms with van der Waals surface area (Å²) in [5, 5.41) is 11.0. The van der Waals surface area contributed by atoms with Crippen molar-refractivity contribution in [2.45, 2.75) is 25.4 Å². The van der Waals surface area contributed by atoms with Crippen LogP contribution in [0.4, 0.5) is 0 Å². The molecule has 1 N–H and O–H groups in total. The minimum atomic E-state index is 0.608. The second kappa shape index (κ2) is 3.20. The normalized spacial score (nSPS) is 34.1. The summed E-state index contributed by atoms with van der Waals surface area (Å²) >= 11 is 0. The Morgan fingerprint density at radius 3 is 3.07 bits per heavy atom. The van der Waals surface area contributed by atoms with Crippen LogP contribution in [0, 0.1) is 11.8 Å². The quantitative estimate of drug-likeness (QED) is 0.727. The molecule has 4 heteroatoms. The van der Waals surface area contributed by atoms with Crippen molar-refractivity contribution in [3.8, 4) is 0 Å². The standard InChI is InChI=1S/C10H13N3O/c1-2-8-3-7(1)4-9(8)11-5-10-13-12-6-14-10/h1-2,6-9,11H,3-5H2/t7-,8+,9?/m1/s1. The van der Waals surface area contributed by atoms with Gasteiger partial charge in [-0.05, 0) is 24.7 Å². The number of hydrogen-bond acceptors (Lipinski definition) is 4. The average molecular weight is 191 g/mol. The van der Waals surface area contributed by atoms with Crippen molar-refractivity contribution in [1.82, 2.24) is 15.5 Å². The Morgan fingerprint density at radius 1 is 1.43 bits per heavy atom. The van der Waals surface area contributed by atoms with Gasteiger partial charge in [0.2, 0.25) is 12.3 Å². The van der Waals surface area contributed by atoms with E-state index in [1.165, 1.54) is 19.2 Å². The SMILES string of the molecule is C1=C[C@H]2C[C@@H]1CC2NCc1nnco1. The molecule has 2 aliphatic rings. The van der Waals surface area contributed by atoms with Crippen molar-refractivity contribution in [2.24, 2.45) is 11.8 Å². The molecule has 0 aromatic carbocycles. The molecule has 2 bridgehead atoms. The van der Waals surface area contributed by atoms with E-state index < -0.39 is 0 Å². The molecule has 0 aliphatic heterocycles. The lowest BCUT2D eigenvalue weighted by Gasteiger charge is -2.18. The second-order valence-electron chi connectivity index (χ2n) is 4.10. The zero-order valence-corrected chi connectivity index (χ0v) is 7.89. The van der Waals surface area contributed by atoms with Crippen LogP contribution in [0.25, 0.3) is 0 Å². The van der Waals surface area contributed by atoms with Crippen molar-refractivity contribution in [3.05, 3.63) is 24.4 Å². The molecule has 1 aromatic heterocycles. The van der Waals surface area contributed by atoms with E-state index in [1.807, 2.05) is 0 Å². The zero-order chi connectivity index (χ0) is 9.38. The lowest BCUT2D eigenvalue weighted by Crippen LogP contribution is -2.32. The monoisotopic (exact) mass is 191 g/mol. The summed E-state index contributed by atoms with van der Waals surface area (Å²) in [5.41, 5.74) is 0. The number of aromatic nitrogens is 2. The summed E-state index contributed by atoms with van der Waals surface area (Å²) in [7, 11) is 0. The summed E-state index contributed by atoms with van der Waals surface area (Å²) in [6.45, 7) is 0.696. The lowest BCUT2D eigenvalue weighted by molar-refractivity contribution is 0.402. The molecular weight excluding hydrogens is 178 g/mol. The van der Waals surface area contributed by atoms with Gasteiger partial charge in [-0.25, -0.2) is 0 Å². The summed E-state index contributed by atoms with van der Waals surface area (Å²) in [6, 6.07) is 0.608. The largest absolute Gasteiger partial charge is 0.427 e. The first-order valence-electron chi connectivity index (χ1n) is 5.08. The number of rotatable bonds is 3. The van der Waals surface area contributed by atoms with Crippen LogP contribution in [0.1, 0.15) is 18.7 Å². The Hall–Kier alpha value is -1.16. The fourth-order valence-corrected chi connectivity index (χ4v) is 2.51. The van der Waals surface area contributed by atoms with E-state index in [0.29, 0.717) is 18.5 Å². The average Bonchev–Trinajstić information content (AvgIpc) is 2.91. The first kappa shape index (κ1) is 8.17. The number of nitrogens with one attached hydrogen (secondary N) is 1. The van der Waals surface area contributed by atoms with E-state index in [9.17, 15) is 0 Å². The molecule has 0 radical (unpaired) electrons. The van der Waals surface area contributed by atoms with Crippen molar-refractivity contribution in [2.75, 3.05) is 0 Å². The molecule has 2 aliphatic carbocycles. The molecule has 0 amide bonds. The Balaban J connectivity index is 1.57. The zero-order valence-electron chi connectivity index (χ0n) is 7.89. The predicted molar refractivity (Wildman–Crippen MR) is 50.3 cm³/mol. The van der Waals surface area contributed by atoms with Gasteiger partial charge in [0.1, 0.15) is 0 Å². The van der Waals surface area contributed by atoms with Crippen LogP contribution in [0.5, 0.6) is 0 Å². The summed E-state index contributed by atoms with van der Waals surface area (Å²) in [4.78, 5) is 0. The molecule has 4 nitrogen and oxygen atoms in total. The molecule has 1 fully saturated rings. The van der Waals surface area contributed by atoms with Crippen molar-refractivity contribution < 1.29 is 4.42 Å². The highest BCUT2D eigenvalue weighted by atomic mass is 16.4. The van der Waals surface area contributed by atoms with Gasteiger partial charge in [0, 0.05) is 6.04 Å². The van der Waals surface area contributed by atoms with Gasteiger partial charge in [0.15, 0.2) is 0 Å². The molecule has 14 heavy (non-hydrogen) atoms. The van der Waals surface area contributed by atoms with Gasteiger partial charge in [-0.15, -0.1) is 10.2 Å². The molecule has 3 atom stereocenters. The highest BCUT2D eigenvalue weighted by Crippen LogP contribution is 2.38. The van der Waals surface area contributed by atoms with Crippen molar-refractivity contribution >= 4 is 0 Å². The maximum Gasteiger partial charge on any atom is 0.229 e. The summed E-state index contributed by atoms with van der Waals surface area (Å²) in [5.74, 6) is 2.21. The maximum atomic E-state index is 5.07. The smallest absolute Gasteiger partial charge is 0.229 e. The van der Waals surface area contributed by atoms with Gasteiger partial charge >= 0.3 is 0 Å². The third-order valence-electron chi connectivity index (χ3n) is 3.20. The van der Waals surface area contributed by atoms with E-state index in [2.05, 4.69) is 27.7 Å². The molecule has 0 spiro atoms. The molecule has 1 unspecified atom stereocenters. The van der Waals surface area contributed by atoms with Crippen LogP contribution in [-0.2, 0) is 6.54 Å². The summed E-state index contributed by atoms with van der Waals surface area (Å²) in [6.07, 6.45) is 8.63. The maximum absolute atomic E-state index is 5.07. The van der Waals surface area contributed by atoms with Gasteiger partial charge in [-0.1, -0.05) is 12.2 Å². The van der Waals surface area contributed by atoms with E-state index >= 15 is 0 Å². The number of hydrogen-bond donors (Lipinski definition) is 1. The third-order valence-corrected chi connectivity index (χ3v) is 3.20. The summed E-state index contributed by atoms with van der Waals surface area (Å²) < 4.78 is 5.07. The van der Waals surface area contributed by atoms with E-state index in [0.717, 1.165) is 11.8 Å². The van der Waals surface area contributed by atoms with E-state index in [1.54, 1.807) is 0 Å². The molecule has 1 heterocycles. The second-order valence-corrected chi connectivity index (χ2v) is 4.10. The van der Waals surface area contributed by atoms with Gasteiger partial charge < -0.3 is 9.73 Å². The fourth-order valence-electron chi connectivity index (χ4n) is 2.51. The lowest BCUT2D eigenvalue weighted by atomic mass is 10.0. The van der Waals surface area contributed by atoms with Gasteiger partial charge in [0.05, 0.1) is 6.54 Å². The van der Waals surface area contributed by atoms with Gasteiger partial charge in [-0.3, -0.25) is 0 Å². The Labute approximate surface area is 82.4 Å². The Morgan fingerprint density at radius 2 is 2.43 bits per heavy atom. The molecular formula is C10H13N3O. The van der Waals surface area contributed by atoms with Crippen LogP contribution < -0.4 is 5.32 Å². The molecule has 1 aromatic rings. The first-order valence-corrected chi connectivity index (χ1v) is 5.08. The highest BCUT2D eigenvalue weighted by Gasteiger charge is 2.35.